The highest BCUT2D eigenvalue weighted by Gasteiger charge is 2.14. The first-order valence-electron chi connectivity index (χ1n) is 8.10. The lowest BCUT2D eigenvalue weighted by molar-refractivity contribution is -0.891. The van der Waals surface area contributed by atoms with E-state index in [0.29, 0.717) is 0 Å². The van der Waals surface area contributed by atoms with E-state index in [2.05, 4.69) is 27.9 Å². The molecule has 0 atom stereocenters. The quantitative estimate of drug-likeness (QED) is 0.343. The van der Waals surface area contributed by atoms with Gasteiger partial charge >= 0.3 is 0 Å². The molecule has 0 N–H and O–H groups in total. The van der Waals surface area contributed by atoms with Crippen molar-refractivity contribution < 1.29 is 26.4 Å². The standard InChI is InChI=1S/C16H36NO2.ClH/c1-5-7-9-13-18-15-11-17(3,4)12-16-19-14-10-8-6-2;/h5-16H2,1-4H3;1H/q+1;/p-1. The average Bonchev–Trinajstić information content (AvgIpc) is 2.38. The molecule has 0 unspecified atom stereocenters. The number of likely N-dealkylation sites (N-methyl/N-ethyl adjacent to an activating group) is 1. The Balaban J connectivity index is 0. The zero-order valence-corrected chi connectivity index (χ0v) is 14.9. The summed E-state index contributed by atoms with van der Waals surface area (Å²) in [5, 5.41) is 0. The molecule has 0 aromatic carbocycles. The number of hydrogen-bond donors (Lipinski definition) is 0. The van der Waals surface area contributed by atoms with Crippen molar-refractivity contribution in [1.29, 1.82) is 0 Å². The molecule has 3 nitrogen and oxygen atoms in total. The normalized spacial score (nSPS) is 11.4. The molecular formula is C16H36ClNO2. The second-order valence-corrected chi connectivity index (χ2v) is 6.02. The Labute approximate surface area is 133 Å². The highest BCUT2D eigenvalue weighted by molar-refractivity contribution is 4.40. The van der Waals surface area contributed by atoms with Crippen LogP contribution in [0.3, 0.4) is 0 Å². The van der Waals surface area contributed by atoms with Crippen LogP contribution in [-0.2, 0) is 9.47 Å². The first-order chi connectivity index (χ1) is 9.12. The summed E-state index contributed by atoms with van der Waals surface area (Å²) in [6.07, 6.45) is 7.49. The third kappa shape index (κ3) is 16.2. The molecule has 0 spiro atoms. The maximum absolute atomic E-state index is 5.67. The molecule has 0 aromatic heterocycles. The molecule has 0 aliphatic heterocycles. The van der Waals surface area contributed by atoms with Gasteiger partial charge < -0.3 is 26.4 Å². The minimum absolute atomic E-state index is 0. The second-order valence-electron chi connectivity index (χ2n) is 6.02. The molecule has 0 saturated heterocycles. The van der Waals surface area contributed by atoms with Crippen molar-refractivity contribution >= 4 is 0 Å². The summed E-state index contributed by atoms with van der Waals surface area (Å²) >= 11 is 0. The molecule has 4 heteroatoms. The van der Waals surface area contributed by atoms with Gasteiger partial charge in [0.05, 0.1) is 27.3 Å². The van der Waals surface area contributed by atoms with Crippen molar-refractivity contribution in [2.24, 2.45) is 0 Å². The zero-order chi connectivity index (χ0) is 14.4. The van der Waals surface area contributed by atoms with Gasteiger partial charge in [0, 0.05) is 13.2 Å². The summed E-state index contributed by atoms with van der Waals surface area (Å²) < 4.78 is 12.3. The van der Waals surface area contributed by atoms with Crippen molar-refractivity contribution in [2.45, 2.75) is 52.4 Å². The van der Waals surface area contributed by atoms with Crippen LogP contribution in [0.5, 0.6) is 0 Å². The SMILES string of the molecule is CCCCCOCC[N+](C)(C)CCOCCCCC.[Cl-]. The number of rotatable bonds is 14. The summed E-state index contributed by atoms with van der Waals surface area (Å²) in [5.74, 6) is 0. The van der Waals surface area contributed by atoms with Crippen LogP contribution in [0.2, 0.25) is 0 Å². The lowest BCUT2D eigenvalue weighted by atomic mass is 10.3. The molecule has 20 heavy (non-hydrogen) atoms. The van der Waals surface area contributed by atoms with Crippen molar-refractivity contribution in [2.75, 3.05) is 53.6 Å². The maximum Gasteiger partial charge on any atom is 0.102 e. The van der Waals surface area contributed by atoms with Gasteiger partial charge in [-0.25, -0.2) is 0 Å². The molecule has 0 heterocycles. The number of nitrogens with zero attached hydrogens (tertiary/aromatic N) is 1. The molecule has 0 radical (unpaired) electrons. The summed E-state index contributed by atoms with van der Waals surface area (Å²) in [5.41, 5.74) is 0. The van der Waals surface area contributed by atoms with Gasteiger partial charge in [0.25, 0.3) is 0 Å². The van der Waals surface area contributed by atoms with Crippen molar-refractivity contribution in [1.82, 2.24) is 0 Å². The highest BCUT2D eigenvalue weighted by Crippen LogP contribution is 2.00. The highest BCUT2D eigenvalue weighted by atomic mass is 35.5. The Bertz CT molecular complexity index is 171. The molecule has 0 fully saturated rings. The molecule has 0 aliphatic carbocycles. The third-order valence-electron chi connectivity index (χ3n) is 3.47. The van der Waals surface area contributed by atoms with Gasteiger partial charge in [-0.1, -0.05) is 39.5 Å². The maximum atomic E-state index is 5.67. The smallest absolute Gasteiger partial charge is 0.102 e. The van der Waals surface area contributed by atoms with Gasteiger partial charge in [-0.2, -0.15) is 0 Å². The number of hydrogen-bond acceptors (Lipinski definition) is 2. The number of ether oxygens (including phenoxy) is 2. The van der Waals surface area contributed by atoms with E-state index in [1.165, 1.54) is 38.5 Å². The van der Waals surface area contributed by atoms with Crippen LogP contribution < -0.4 is 12.4 Å². The van der Waals surface area contributed by atoms with Gasteiger partial charge in [-0.3, -0.25) is 0 Å². The minimum Gasteiger partial charge on any atom is -1.00 e. The van der Waals surface area contributed by atoms with Crippen LogP contribution in [0.15, 0.2) is 0 Å². The van der Waals surface area contributed by atoms with Gasteiger partial charge in [0.2, 0.25) is 0 Å². The average molecular weight is 310 g/mol. The summed E-state index contributed by atoms with van der Waals surface area (Å²) in [6, 6.07) is 0. The number of halogens is 1. The first-order valence-corrected chi connectivity index (χ1v) is 8.10. The van der Waals surface area contributed by atoms with E-state index in [0.717, 1.165) is 44.0 Å². The van der Waals surface area contributed by atoms with Gasteiger partial charge in [-0.15, -0.1) is 0 Å². The summed E-state index contributed by atoms with van der Waals surface area (Å²) in [6.45, 7) is 10.2. The second kappa shape index (κ2) is 15.6. The fourth-order valence-electron chi connectivity index (χ4n) is 1.85. The van der Waals surface area contributed by atoms with Crippen molar-refractivity contribution in [3.8, 4) is 0 Å². The molecule has 0 bridgehead atoms. The molecule has 0 aromatic rings. The van der Waals surface area contributed by atoms with E-state index in [-0.39, 0.29) is 12.4 Å². The van der Waals surface area contributed by atoms with Crippen LogP contribution in [-0.4, -0.2) is 58.1 Å². The predicted molar refractivity (Wildman–Crippen MR) is 82.5 cm³/mol. The van der Waals surface area contributed by atoms with Crippen LogP contribution in [0.25, 0.3) is 0 Å². The predicted octanol–water partition coefficient (Wildman–Crippen LogP) is 0.480. The Morgan fingerprint density at radius 1 is 0.650 bits per heavy atom. The monoisotopic (exact) mass is 309 g/mol. The van der Waals surface area contributed by atoms with E-state index >= 15 is 0 Å². The fourth-order valence-corrected chi connectivity index (χ4v) is 1.85. The Morgan fingerprint density at radius 3 is 1.40 bits per heavy atom. The molecular weight excluding hydrogens is 274 g/mol. The Hall–Kier alpha value is 0.170. The molecule has 124 valence electrons. The number of quaternary nitrogens is 1. The first kappa shape index (κ1) is 22.5. The van der Waals surface area contributed by atoms with Crippen LogP contribution in [0.4, 0.5) is 0 Å². The largest absolute Gasteiger partial charge is 1.00 e. The van der Waals surface area contributed by atoms with Crippen LogP contribution in [0.1, 0.15) is 52.4 Å². The van der Waals surface area contributed by atoms with Crippen LogP contribution in [0, 0.1) is 0 Å². The van der Waals surface area contributed by atoms with E-state index in [1.54, 1.807) is 0 Å². The zero-order valence-electron chi connectivity index (χ0n) is 14.1. The fraction of sp³-hybridized carbons (Fsp3) is 1.00. The van der Waals surface area contributed by atoms with E-state index in [4.69, 9.17) is 9.47 Å². The molecule has 0 saturated carbocycles. The van der Waals surface area contributed by atoms with E-state index in [9.17, 15) is 0 Å². The molecule has 0 aliphatic rings. The summed E-state index contributed by atoms with van der Waals surface area (Å²) in [7, 11) is 4.51. The van der Waals surface area contributed by atoms with E-state index < -0.39 is 0 Å². The number of unbranched alkanes of at least 4 members (excludes halogenated alkanes) is 4. The molecule has 0 amide bonds. The minimum atomic E-state index is 0. The Kier molecular flexibility index (Phi) is 17.5. The molecule has 0 rings (SSSR count). The van der Waals surface area contributed by atoms with Crippen molar-refractivity contribution in [3.63, 3.8) is 0 Å². The lowest BCUT2D eigenvalue weighted by Gasteiger charge is -2.29. The van der Waals surface area contributed by atoms with Gasteiger partial charge in [-0.05, 0) is 12.8 Å². The van der Waals surface area contributed by atoms with E-state index in [1.807, 2.05) is 0 Å². The summed E-state index contributed by atoms with van der Waals surface area (Å²) in [4.78, 5) is 0. The topological polar surface area (TPSA) is 18.5 Å². The van der Waals surface area contributed by atoms with Gasteiger partial charge in [0.1, 0.15) is 13.1 Å². The van der Waals surface area contributed by atoms with Crippen molar-refractivity contribution in [3.05, 3.63) is 0 Å². The Morgan fingerprint density at radius 2 is 1.05 bits per heavy atom. The van der Waals surface area contributed by atoms with Crippen LogP contribution >= 0.6 is 0 Å². The lowest BCUT2D eigenvalue weighted by Crippen LogP contribution is -3.00. The third-order valence-corrected chi connectivity index (χ3v) is 3.47. The van der Waals surface area contributed by atoms with Gasteiger partial charge in [0.15, 0.2) is 0 Å².